The molecule has 2 aromatic rings. The van der Waals surface area contributed by atoms with Gasteiger partial charge in [0.05, 0.1) is 13.0 Å². The van der Waals surface area contributed by atoms with Crippen LogP contribution in [0.3, 0.4) is 0 Å². The number of hydrogen-bond acceptors (Lipinski definition) is 4. The van der Waals surface area contributed by atoms with Gasteiger partial charge in [-0.3, -0.25) is 14.8 Å². The van der Waals surface area contributed by atoms with Crippen LogP contribution in [0.1, 0.15) is 21.5 Å². The Hall–Kier alpha value is -2.70. The van der Waals surface area contributed by atoms with E-state index in [2.05, 4.69) is 0 Å². The molecular weight excluding hydrogens is 308 g/mol. The number of aliphatic hydroxyl groups is 1. The van der Waals surface area contributed by atoms with Crippen molar-refractivity contribution in [1.82, 2.24) is 10.4 Å². The Kier molecular flexibility index (Phi) is 6.48. The monoisotopic (exact) mass is 328 g/mol. The predicted molar refractivity (Wildman–Crippen MR) is 88.3 cm³/mol. The fourth-order valence-electron chi connectivity index (χ4n) is 2.34. The Balaban J connectivity index is 2.04. The van der Waals surface area contributed by atoms with Gasteiger partial charge in [0.1, 0.15) is 0 Å². The van der Waals surface area contributed by atoms with E-state index in [1.165, 1.54) is 0 Å². The third kappa shape index (κ3) is 4.91. The second kappa shape index (κ2) is 8.81. The van der Waals surface area contributed by atoms with Gasteiger partial charge in [-0.15, -0.1) is 0 Å². The molecule has 0 saturated carbocycles. The average Bonchev–Trinajstić information content (AvgIpc) is 2.62. The highest BCUT2D eigenvalue weighted by Gasteiger charge is 2.14. The minimum atomic E-state index is -0.589. The first-order chi connectivity index (χ1) is 11.6. The predicted octanol–water partition coefficient (Wildman–Crippen LogP) is 1.37. The first kappa shape index (κ1) is 17.7. The normalized spacial score (nSPS) is 10.2. The lowest BCUT2D eigenvalue weighted by atomic mass is 10.1. The molecule has 2 amide bonds. The molecule has 0 unspecified atom stereocenters. The number of benzene rings is 2. The van der Waals surface area contributed by atoms with Crippen LogP contribution in [-0.4, -0.2) is 40.2 Å². The van der Waals surface area contributed by atoms with Gasteiger partial charge in [-0.2, -0.15) is 0 Å². The number of nitrogens with one attached hydrogen (secondary N) is 1. The van der Waals surface area contributed by atoms with Gasteiger partial charge >= 0.3 is 0 Å². The first-order valence-corrected chi connectivity index (χ1v) is 7.60. The van der Waals surface area contributed by atoms with Crippen LogP contribution in [0, 0.1) is 0 Å². The molecule has 2 rings (SSSR count). The average molecular weight is 328 g/mol. The highest BCUT2D eigenvalue weighted by molar-refractivity contribution is 5.93. The van der Waals surface area contributed by atoms with Gasteiger partial charge in [0.15, 0.2) is 0 Å². The molecule has 0 heterocycles. The summed E-state index contributed by atoms with van der Waals surface area (Å²) in [6, 6.07) is 16.0. The SMILES string of the molecule is O=C(NO)c1ccc(CN(CCO)C(=O)Cc2ccccc2)cc1. The Morgan fingerprint density at radius 3 is 2.21 bits per heavy atom. The van der Waals surface area contributed by atoms with Crippen molar-refractivity contribution in [2.24, 2.45) is 0 Å². The highest BCUT2D eigenvalue weighted by atomic mass is 16.5. The van der Waals surface area contributed by atoms with Crippen molar-refractivity contribution in [3.8, 4) is 0 Å². The van der Waals surface area contributed by atoms with E-state index in [-0.39, 0.29) is 25.5 Å². The quantitative estimate of drug-likeness (QED) is 0.529. The Morgan fingerprint density at radius 1 is 0.958 bits per heavy atom. The second-order valence-electron chi connectivity index (χ2n) is 5.34. The second-order valence-corrected chi connectivity index (χ2v) is 5.34. The summed E-state index contributed by atoms with van der Waals surface area (Å²) in [5, 5.41) is 17.8. The number of rotatable bonds is 7. The number of amides is 2. The molecule has 0 atom stereocenters. The number of hydrogen-bond donors (Lipinski definition) is 3. The molecule has 0 fully saturated rings. The van der Waals surface area contributed by atoms with Crippen molar-refractivity contribution in [3.63, 3.8) is 0 Å². The van der Waals surface area contributed by atoms with Crippen LogP contribution in [-0.2, 0) is 17.8 Å². The molecule has 0 saturated heterocycles. The summed E-state index contributed by atoms with van der Waals surface area (Å²) in [6.07, 6.45) is 0.270. The third-order valence-electron chi connectivity index (χ3n) is 3.61. The minimum absolute atomic E-state index is 0.0765. The summed E-state index contributed by atoms with van der Waals surface area (Å²) in [6.45, 7) is 0.462. The maximum Gasteiger partial charge on any atom is 0.274 e. The topological polar surface area (TPSA) is 89.9 Å². The van der Waals surface area contributed by atoms with Crippen molar-refractivity contribution < 1.29 is 19.9 Å². The van der Waals surface area contributed by atoms with Crippen molar-refractivity contribution in [1.29, 1.82) is 0 Å². The molecule has 2 aromatic carbocycles. The zero-order valence-corrected chi connectivity index (χ0v) is 13.2. The van der Waals surface area contributed by atoms with Gasteiger partial charge in [-0.1, -0.05) is 42.5 Å². The smallest absolute Gasteiger partial charge is 0.274 e. The molecule has 0 aromatic heterocycles. The maximum absolute atomic E-state index is 12.4. The van der Waals surface area contributed by atoms with Crippen LogP contribution < -0.4 is 5.48 Å². The van der Waals surface area contributed by atoms with Crippen LogP contribution in [0.15, 0.2) is 54.6 Å². The summed E-state index contributed by atoms with van der Waals surface area (Å²) >= 11 is 0. The van der Waals surface area contributed by atoms with Gasteiger partial charge in [0.25, 0.3) is 5.91 Å². The minimum Gasteiger partial charge on any atom is -0.395 e. The lowest BCUT2D eigenvalue weighted by molar-refractivity contribution is -0.131. The molecule has 0 spiro atoms. The lowest BCUT2D eigenvalue weighted by Crippen LogP contribution is -2.34. The molecule has 6 nitrogen and oxygen atoms in total. The summed E-state index contributed by atoms with van der Waals surface area (Å²) in [7, 11) is 0. The molecular formula is C18H20N2O4. The molecule has 0 aliphatic heterocycles. The van der Waals surface area contributed by atoms with Crippen molar-refractivity contribution in [3.05, 3.63) is 71.3 Å². The van der Waals surface area contributed by atoms with Gasteiger partial charge < -0.3 is 10.0 Å². The standard InChI is InChI=1S/C18H20N2O4/c21-11-10-20(17(22)12-14-4-2-1-3-5-14)13-15-6-8-16(9-7-15)18(23)19-24/h1-9,21,24H,10-13H2,(H,19,23). The maximum atomic E-state index is 12.4. The lowest BCUT2D eigenvalue weighted by Gasteiger charge is -2.22. The molecule has 3 N–H and O–H groups in total. The first-order valence-electron chi connectivity index (χ1n) is 7.60. The van der Waals surface area contributed by atoms with Crippen LogP contribution in [0.4, 0.5) is 0 Å². The van der Waals surface area contributed by atoms with Crippen LogP contribution in [0.5, 0.6) is 0 Å². The molecule has 0 bridgehead atoms. The van der Waals surface area contributed by atoms with Crippen LogP contribution in [0.25, 0.3) is 0 Å². The van der Waals surface area contributed by atoms with Gasteiger partial charge in [-0.05, 0) is 23.3 Å². The Morgan fingerprint density at radius 2 is 1.62 bits per heavy atom. The number of nitrogens with zero attached hydrogens (tertiary/aromatic N) is 1. The summed E-state index contributed by atoms with van der Waals surface area (Å²) < 4.78 is 0. The Bertz CT molecular complexity index is 671. The molecule has 0 aliphatic carbocycles. The van der Waals surface area contributed by atoms with E-state index in [0.717, 1.165) is 11.1 Å². The Labute approximate surface area is 140 Å². The van der Waals surface area contributed by atoms with E-state index in [1.807, 2.05) is 30.3 Å². The molecule has 6 heteroatoms. The highest BCUT2D eigenvalue weighted by Crippen LogP contribution is 2.10. The summed E-state index contributed by atoms with van der Waals surface area (Å²) in [4.78, 5) is 25.3. The zero-order chi connectivity index (χ0) is 17.4. The third-order valence-corrected chi connectivity index (χ3v) is 3.61. The summed E-state index contributed by atoms with van der Waals surface area (Å²) in [5.41, 5.74) is 3.65. The fraction of sp³-hybridized carbons (Fsp3) is 0.222. The van der Waals surface area contributed by atoms with E-state index in [0.29, 0.717) is 12.1 Å². The number of hydroxylamine groups is 1. The van der Waals surface area contributed by atoms with Crippen molar-refractivity contribution in [2.45, 2.75) is 13.0 Å². The number of carbonyl (C=O) groups is 2. The van der Waals surface area contributed by atoms with E-state index in [4.69, 9.17) is 5.21 Å². The van der Waals surface area contributed by atoms with Gasteiger partial charge in [0.2, 0.25) is 5.91 Å². The van der Waals surface area contributed by atoms with Crippen LogP contribution >= 0.6 is 0 Å². The fourth-order valence-corrected chi connectivity index (χ4v) is 2.34. The molecule has 0 radical (unpaired) electrons. The van der Waals surface area contributed by atoms with Crippen molar-refractivity contribution in [2.75, 3.05) is 13.2 Å². The van der Waals surface area contributed by atoms with E-state index < -0.39 is 5.91 Å². The van der Waals surface area contributed by atoms with E-state index in [1.54, 1.807) is 34.6 Å². The summed E-state index contributed by atoms with van der Waals surface area (Å²) in [5.74, 6) is -0.665. The van der Waals surface area contributed by atoms with E-state index >= 15 is 0 Å². The van der Waals surface area contributed by atoms with Gasteiger partial charge in [0, 0.05) is 18.7 Å². The van der Waals surface area contributed by atoms with Crippen LogP contribution in [0.2, 0.25) is 0 Å². The number of carbonyl (C=O) groups excluding carboxylic acids is 2. The molecule has 0 aliphatic rings. The number of aliphatic hydroxyl groups excluding tert-OH is 1. The van der Waals surface area contributed by atoms with Gasteiger partial charge in [-0.25, -0.2) is 5.48 Å². The van der Waals surface area contributed by atoms with E-state index in [9.17, 15) is 14.7 Å². The largest absolute Gasteiger partial charge is 0.395 e. The van der Waals surface area contributed by atoms with Crippen molar-refractivity contribution >= 4 is 11.8 Å². The molecule has 126 valence electrons. The molecule has 24 heavy (non-hydrogen) atoms. The zero-order valence-electron chi connectivity index (χ0n) is 13.2.